The Labute approximate surface area is 165 Å². The lowest BCUT2D eigenvalue weighted by Crippen LogP contribution is -2.47. The number of piperidine rings is 1. The standard InChI is InChI=1S/C21H28N2O5/c24-19(10-12-28-18-6-2-1-3-7-18)23-11-4-5-16(14-23)20(25)22-17-9-8-15(13-17)21(26)27/h1-3,6-7,15-17H,4-5,8-14H2,(H,22,25)(H,26,27)/t15-,16?,17+/m1/s1. The van der Waals surface area contributed by atoms with Gasteiger partial charge in [-0.3, -0.25) is 14.4 Å². The van der Waals surface area contributed by atoms with E-state index in [1.165, 1.54) is 0 Å². The van der Waals surface area contributed by atoms with Gasteiger partial charge in [0.25, 0.3) is 0 Å². The highest BCUT2D eigenvalue weighted by molar-refractivity contribution is 5.81. The van der Waals surface area contributed by atoms with Gasteiger partial charge in [0.05, 0.1) is 24.9 Å². The smallest absolute Gasteiger partial charge is 0.306 e. The summed E-state index contributed by atoms with van der Waals surface area (Å²) in [5.41, 5.74) is 0. The summed E-state index contributed by atoms with van der Waals surface area (Å²) >= 11 is 0. The van der Waals surface area contributed by atoms with Crippen LogP contribution in [0.15, 0.2) is 30.3 Å². The van der Waals surface area contributed by atoms with Crippen molar-refractivity contribution < 1.29 is 24.2 Å². The molecule has 0 spiro atoms. The molecule has 1 aromatic carbocycles. The van der Waals surface area contributed by atoms with E-state index >= 15 is 0 Å². The minimum atomic E-state index is -0.788. The Kier molecular flexibility index (Phi) is 6.90. The van der Waals surface area contributed by atoms with E-state index in [0.29, 0.717) is 39.0 Å². The van der Waals surface area contributed by atoms with Crippen LogP contribution in [0.25, 0.3) is 0 Å². The molecule has 3 atom stereocenters. The van der Waals surface area contributed by atoms with Gasteiger partial charge in [-0.25, -0.2) is 0 Å². The first-order valence-electron chi connectivity index (χ1n) is 10.0. The molecule has 1 saturated heterocycles. The maximum absolute atomic E-state index is 12.6. The van der Waals surface area contributed by atoms with E-state index in [4.69, 9.17) is 9.84 Å². The monoisotopic (exact) mass is 388 g/mol. The van der Waals surface area contributed by atoms with Crippen molar-refractivity contribution in [3.8, 4) is 5.75 Å². The number of aliphatic carboxylic acids is 1. The Morgan fingerprint density at radius 2 is 1.89 bits per heavy atom. The first kappa shape index (κ1) is 20.2. The number of carbonyl (C=O) groups excluding carboxylic acids is 2. The maximum Gasteiger partial charge on any atom is 0.306 e. The highest BCUT2D eigenvalue weighted by Crippen LogP contribution is 2.26. The number of nitrogens with one attached hydrogen (secondary N) is 1. The van der Waals surface area contributed by atoms with Crippen LogP contribution in [-0.2, 0) is 14.4 Å². The van der Waals surface area contributed by atoms with Gasteiger partial charge in [-0.15, -0.1) is 0 Å². The molecule has 152 valence electrons. The minimum absolute atomic E-state index is 0.000221. The average molecular weight is 388 g/mol. The zero-order valence-corrected chi connectivity index (χ0v) is 16.0. The van der Waals surface area contributed by atoms with E-state index in [9.17, 15) is 14.4 Å². The predicted octanol–water partition coefficient (Wildman–Crippen LogP) is 2.06. The molecule has 1 heterocycles. The van der Waals surface area contributed by atoms with Crippen molar-refractivity contribution in [2.45, 2.75) is 44.6 Å². The molecule has 2 fully saturated rings. The minimum Gasteiger partial charge on any atom is -0.493 e. The van der Waals surface area contributed by atoms with Gasteiger partial charge in [-0.05, 0) is 44.2 Å². The van der Waals surface area contributed by atoms with Gasteiger partial charge >= 0.3 is 5.97 Å². The van der Waals surface area contributed by atoms with Crippen LogP contribution >= 0.6 is 0 Å². The molecule has 28 heavy (non-hydrogen) atoms. The lowest BCUT2D eigenvalue weighted by atomic mass is 9.96. The van der Waals surface area contributed by atoms with Crippen molar-refractivity contribution in [3.05, 3.63) is 30.3 Å². The lowest BCUT2D eigenvalue weighted by Gasteiger charge is -2.32. The Hall–Kier alpha value is -2.57. The number of para-hydroxylation sites is 1. The lowest BCUT2D eigenvalue weighted by molar-refractivity contribution is -0.142. The number of carboxylic acids is 1. The van der Waals surface area contributed by atoms with Gasteiger partial charge in [-0.1, -0.05) is 18.2 Å². The van der Waals surface area contributed by atoms with Crippen LogP contribution in [0.4, 0.5) is 0 Å². The van der Waals surface area contributed by atoms with Crippen molar-refractivity contribution in [2.24, 2.45) is 11.8 Å². The van der Waals surface area contributed by atoms with Gasteiger partial charge in [0.2, 0.25) is 11.8 Å². The van der Waals surface area contributed by atoms with Crippen molar-refractivity contribution in [2.75, 3.05) is 19.7 Å². The molecule has 1 aromatic rings. The molecule has 2 N–H and O–H groups in total. The number of amides is 2. The second kappa shape index (κ2) is 9.57. The average Bonchev–Trinajstić information content (AvgIpc) is 3.17. The number of ether oxygens (including phenoxy) is 1. The van der Waals surface area contributed by atoms with Crippen LogP contribution in [0.5, 0.6) is 5.75 Å². The van der Waals surface area contributed by atoms with E-state index in [0.717, 1.165) is 18.6 Å². The zero-order chi connectivity index (χ0) is 19.9. The molecular weight excluding hydrogens is 360 g/mol. The van der Waals surface area contributed by atoms with Gasteiger partial charge in [0.15, 0.2) is 0 Å². The Morgan fingerprint density at radius 3 is 2.61 bits per heavy atom. The quantitative estimate of drug-likeness (QED) is 0.745. The predicted molar refractivity (Wildman–Crippen MR) is 103 cm³/mol. The summed E-state index contributed by atoms with van der Waals surface area (Å²) in [5, 5.41) is 12.1. The number of likely N-dealkylation sites (tertiary alicyclic amines) is 1. The molecule has 1 saturated carbocycles. The largest absolute Gasteiger partial charge is 0.493 e. The van der Waals surface area contributed by atoms with Crippen molar-refractivity contribution in [1.82, 2.24) is 10.2 Å². The fourth-order valence-electron chi connectivity index (χ4n) is 4.00. The fourth-order valence-corrected chi connectivity index (χ4v) is 4.00. The highest BCUT2D eigenvalue weighted by atomic mass is 16.5. The Balaban J connectivity index is 1.42. The molecule has 0 radical (unpaired) electrons. The van der Waals surface area contributed by atoms with Crippen molar-refractivity contribution >= 4 is 17.8 Å². The SMILES string of the molecule is O=C(N[C@H]1CC[C@@H](C(=O)O)C1)C1CCCN(C(=O)CCOc2ccccc2)C1. The normalized spacial score (nSPS) is 24.6. The summed E-state index contributed by atoms with van der Waals surface area (Å²) in [6.45, 7) is 1.40. The van der Waals surface area contributed by atoms with Gasteiger partial charge < -0.3 is 20.1 Å². The van der Waals surface area contributed by atoms with Crippen LogP contribution in [0, 0.1) is 11.8 Å². The molecule has 7 nitrogen and oxygen atoms in total. The van der Waals surface area contributed by atoms with Gasteiger partial charge in [0, 0.05) is 19.1 Å². The van der Waals surface area contributed by atoms with Crippen molar-refractivity contribution in [1.29, 1.82) is 0 Å². The van der Waals surface area contributed by atoms with Crippen LogP contribution < -0.4 is 10.1 Å². The summed E-state index contributed by atoms with van der Waals surface area (Å²) in [7, 11) is 0. The zero-order valence-electron chi connectivity index (χ0n) is 16.0. The van der Waals surface area contributed by atoms with Crippen LogP contribution in [-0.4, -0.2) is 53.5 Å². The third-order valence-electron chi connectivity index (χ3n) is 5.60. The number of hydrogen-bond donors (Lipinski definition) is 2. The molecule has 0 bridgehead atoms. The number of benzene rings is 1. The van der Waals surface area contributed by atoms with Crippen LogP contribution in [0.3, 0.4) is 0 Å². The summed E-state index contributed by atoms with van der Waals surface area (Å²) in [4.78, 5) is 37.9. The molecule has 7 heteroatoms. The third kappa shape index (κ3) is 5.47. The van der Waals surface area contributed by atoms with Gasteiger partial charge in [-0.2, -0.15) is 0 Å². The maximum atomic E-state index is 12.6. The number of rotatable bonds is 7. The molecule has 0 aromatic heterocycles. The highest BCUT2D eigenvalue weighted by Gasteiger charge is 2.33. The van der Waals surface area contributed by atoms with E-state index in [1.807, 2.05) is 30.3 Å². The van der Waals surface area contributed by atoms with E-state index in [-0.39, 0.29) is 36.1 Å². The van der Waals surface area contributed by atoms with Crippen LogP contribution in [0.1, 0.15) is 38.5 Å². The van der Waals surface area contributed by atoms with Gasteiger partial charge in [0.1, 0.15) is 5.75 Å². The first-order valence-corrected chi connectivity index (χ1v) is 10.0. The number of carboxylic acid groups (broad SMARTS) is 1. The molecule has 1 aliphatic carbocycles. The van der Waals surface area contributed by atoms with E-state index in [1.54, 1.807) is 4.90 Å². The van der Waals surface area contributed by atoms with Crippen LogP contribution in [0.2, 0.25) is 0 Å². The summed E-state index contributed by atoms with van der Waals surface area (Å²) in [6.07, 6.45) is 3.64. The topological polar surface area (TPSA) is 95.9 Å². The Bertz CT molecular complexity index is 693. The first-order chi connectivity index (χ1) is 13.5. The summed E-state index contributed by atoms with van der Waals surface area (Å²) in [6, 6.07) is 9.30. The fraction of sp³-hybridized carbons (Fsp3) is 0.571. The summed E-state index contributed by atoms with van der Waals surface area (Å²) in [5.74, 6) is -0.698. The molecule has 2 amide bonds. The summed E-state index contributed by atoms with van der Waals surface area (Å²) < 4.78 is 5.59. The molecular formula is C21H28N2O5. The number of nitrogens with zero attached hydrogens (tertiary/aromatic N) is 1. The Morgan fingerprint density at radius 1 is 1.11 bits per heavy atom. The second-order valence-electron chi connectivity index (χ2n) is 7.64. The molecule has 1 aliphatic heterocycles. The second-order valence-corrected chi connectivity index (χ2v) is 7.64. The number of hydrogen-bond acceptors (Lipinski definition) is 4. The van der Waals surface area contributed by atoms with Crippen molar-refractivity contribution in [3.63, 3.8) is 0 Å². The molecule has 1 unspecified atom stereocenters. The molecule has 3 rings (SSSR count). The third-order valence-corrected chi connectivity index (χ3v) is 5.60. The van der Waals surface area contributed by atoms with E-state index in [2.05, 4.69) is 5.32 Å². The molecule has 2 aliphatic rings. The number of carbonyl (C=O) groups is 3. The van der Waals surface area contributed by atoms with E-state index < -0.39 is 5.97 Å².